The van der Waals surface area contributed by atoms with Gasteiger partial charge in [-0.15, -0.1) is 11.6 Å². The van der Waals surface area contributed by atoms with E-state index in [0.717, 1.165) is 11.1 Å². The molecule has 0 aromatic heterocycles. The van der Waals surface area contributed by atoms with Crippen LogP contribution in [-0.2, 0) is 16.0 Å². The zero-order chi connectivity index (χ0) is 18.0. The second-order valence-electron chi connectivity index (χ2n) is 5.67. The SMILES string of the molecule is COc1ccc(C2C(Cl)C(=O)N2NC(=O)Cc2ccc(Cl)cc2)cc1. The van der Waals surface area contributed by atoms with Crippen LogP contribution in [0.2, 0.25) is 5.02 Å². The van der Waals surface area contributed by atoms with Crippen molar-refractivity contribution in [2.75, 3.05) is 7.11 Å². The molecule has 2 unspecified atom stereocenters. The number of methoxy groups -OCH3 is 1. The summed E-state index contributed by atoms with van der Waals surface area (Å²) in [5, 5.41) is 1.17. The number of hydrogen-bond acceptors (Lipinski definition) is 3. The van der Waals surface area contributed by atoms with E-state index < -0.39 is 11.4 Å². The van der Waals surface area contributed by atoms with Crippen LogP contribution in [0.3, 0.4) is 0 Å². The lowest BCUT2D eigenvalue weighted by Crippen LogP contribution is -2.63. The highest BCUT2D eigenvalue weighted by atomic mass is 35.5. The molecule has 1 heterocycles. The summed E-state index contributed by atoms with van der Waals surface area (Å²) in [7, 11) is 1.58. The van der Waals surface area contributed by atoms with E-state index in [2.05, 4.69) is 5.43 Å². The molecule has 2 aromatic carbocycles. The van der Waals surface area contributed by atoms with E-state index in [-0.39, 0.29) is 18.2 Å². The predicted octanol–water partition coefficient (Wildman–Crippen LogP) is 3.11. The molecule has 1 aliphatic heterocycles. The molecule has 5 nitrogen and oxygen atoms in total. The summed E-state index contributed by atoms with van der Waals surface area (Å²) in [6.45, 7) is 0. The average Bonchev–Trinajstić information content (AvgIpc) is 2.63. The standard InChI is InChI=1S/C18H16Cl2N2O3/c1-25-14-8-4-12(5-9-14)17-16(20)18(24)22(17)21-15(23)10-11-2-6-13(19)7-3-11/h2-9,16-17H,10H2,1H3,(H,21,23). The highest BCUT2D eigenvalue weighted by molar-refractivity contribution is 6.33. The maximum absolute atomic E-state index is 12.2. The topological polar surface area (TPSA) is 58.6 Å². The molecular weight excluding hydrogens is 363 g/mol. The largest absolute Gasteiger partial charge is 0.497 e. The van der Waals surface area contributed by atoms with E-state index in [4.69, 9.17) is 27.9 Å². The van der Waals surface area contributed by atoms with Crippen molar-refractivity contribution in [3.05, 3.63) is 64.7 Å². The monoisotopic (exact) mass is 378 g/mol. The molecule has 0 bridgehead atoms. The molecule has 130 valence electrons. The molecule has 2 aromatic rings. The third-order valence-electron chi connectivity index (χ3n) is 4.01. The number of nitrogens with zero attached hydrogens (tertiary/aromatic N) is 1. The quantitative estimate of drug-likeness (QED) is 0.642. The first kappa shape index (κ1) is 17.6. The Bertz CT molecular complexity index is 778. The number of nitrogens with one attached hydrogen (secondary N) is 1. The molecule has 0 radical (unpaired) electrons. The molecule has 0 aliphatic carbocycles. The highest BCUT2D eigenvalue weighted by Gasteiger charge is 2.48. The number of hydrogen-bond donors (Lipinski definition) is 1. The van der Waals surface area contributed by atoms with Crippen molar-refractivity contribution in [1.82, 2.24) is 10.4 Å². The molecule has 2 atom stereocenters. The lowest BCUT2D eigenvalue weighted by molar-refractivity contribution is -0.156. The van der Waals surface area contributed by atoms with Gasteiger partial charge in [-0.1, -0.05) is 35.9 Å². The molecular formula is C18H16Cl2N2O3. The summed E-state index contributed by atoms with van der Waals surface area (Å²) in [5.74, 6) is 0.0866. The number of alkyl halides is 1. The van der Waals surface area contributed by atoms with Gasteiger partial charge in [0, 0.05) is 5.02 Å². The molecule has 7 heteroatoms. The molecule has 2 amide bonds. The first-order valence-electron chi connectivity index (χ1n) is 7.64. The summed E-state index contributed by atoms with van der Waals surface area (Å²) in [6, 6.07) is 13.8. The van der Waals surface area contributed by atoms with Gasteiger partial charge in [0.2, 0.25) is 5.91 Å². The Labute approximate surface area is 155 Å². The van der Waals surface area contributed by atoms with Crippen LogP contribution in [0.1, 0.15) is 17.2 Å². The lowest BCUT2D eigenvalue weighted by atomic mass is 9.95. The number of carbonyl (C=O) groups is 2. The number of halogens is 2. The summed E-state index contributed by atoms with van der Waals surface area (Å²) in [5.41, 5.74) is 4.26. The molecule has 1 saturated heterocycles. The normalized spacial score (nSPS) is 19.3. The van der Waals surface area contributed by atoms with Crippen LogP contribution in [0, 0.1) is 0 Å². The van der Waals surface area contributed by atoms with Gasteiger partial charge in [-0.05, 0) is 35.4 Å². The first-order valence-corrected chi connectivity index (χ1v) is 8.46. The maximum atomic E-state index is 12.2. The van der Waals surface area contributed by atoms with Crippen LogP contribution in [0.4, 0.5) is 0 Å². The molecule has 1 fully saturated rings. The van der Waals surface area contributed by atoms with Crippen molar-refractivity contribution in [1.29, 1.82) is 0 Å². The predicted molar refractivity (Wildman–Crippen MR) is 95.5 cm³/mol. The maximum Gasteiger partial charge on any atom is 0.262 e. The number of benzene rings is 2. The van der Waals surface area contributed by atoms with Crippen LogP contribution in [0.25, 0.3) is 0 Å². The van der Waals surface area contributed by atoms with Gasteiger partial charge < -0.3 is 4.74 Å². The fourth-order valence-corrected chi connectivity index (χ4v) is 3.15. The number of amides is 2. The Morgan fingerprint density at radius 3 is 2.40 bits per heavy atom. The lowest BCUT2D eigenvalue weighted by Gasteiger charge is -2.44. The minimum absolute atomic E-state index is 0.142. The van der Waals surface area contributed by atoms with Crippen LogP contribution in [-0.4, -0.2) is 29.3 Å². The van der Waals surface area contributed by atoms with Crippen molar-refractivity contribution in [3.8, 4) is 5.75 Å². The molecule has 0 spiro atoms. The number of β-lactam (4-membered cyclic amide) rings is 1. The fourth-order valence-electron chi connectivity index (χ4n) is 2.66. The Kier molecular flexibility index (Phi) is 5.16. The second-order valence-corrected chi connectivity index (χ2v) is 6.57. The van der Waals surface area contributed by atoms with Crippen molar-refractivity contribution in [2.45, 2.75) is 17.8 Å². The fraction of sp³-hybridized carbons (Fsp3) is 0.222. The van der Waals surface area contributed by atoms with Crippen LogP contribution in [0.5, 0.6) is 5.75 Å². The van der Waals surface area contributed by atoms with Crippen molar-refractivity contribution >= 4 is 35.0 Å². The van der Waals surface area contributed by atoms with E-state index in [9.17, 15) is 9.59 Å². The van der Waals surface area contributed by atoms with Gasteiger partial charge in [0.25, 0.3) is 5.91 Å². The summed E-state index contributed by atoms with van der Waals surface area (Å²) in [4.78, 5) is 24.3. The van der Waals surface area contributed by atoms with Gasteiger partial charge in [0.05, 0.1) is 13.5 Å². The van der Waals surface area contributed by atoms with Crippen LogP contribution < -0.4 is 10.2 Å². The summed E-state index contributed by atoms with van der Waals surface area (Å²) >= 11 is 12.0. The van der Waals surface area contributed by atoms with Crippen LogP contribution in [0.15, 0.2) is 48.5 Å². The zero-order valence-electron chi connectivity index (χ0n) is 13.4. The average molecular weight is 379 g/mol. The van der Waals surface area contributed by atoms with Crippen molar-refractivity contribution < 1.29 is 14.3 Å². The van der Waals surface area contributed by atoms with Crippen LogP contribution >= 0.6 is 23.2 Å². The van der Waals surface area contributed by atoms with Gasteiger partial charge >= 0.3 is 0 Å². The highest BCUT2D eigenvalue weighted by Crippen LogP contribution is 2.37. The number of ether oxygens (including phenoxy) is 1. The van der Waals surface area contributed by atoms with Gasteiger partial charge in [-0.25, -0.2) is 5.01 Å². The molecule has 3 rings (SSSR count). The minimum atomic E-state index is -0.704. The third-order valence-corrected chi connectivity index (χ3v) is 4.69. The number of carbonyl (C=O) groups excluding carboxylic acids is 2. The summed E-state index contributed by atoms with van der Waals surface area (Å²) < 4.78 is 5.12. The van der Waals surface area contributed by atoms with E-state index >= 15 is 0 Å². The van der Waals surface area contributed by atoms with Gasteiger partial charge in [-0.3, -0.25) is 15.0 Å². The molecule has 1 aliphatic rings. The molecule has 25 heavy (non-hydrogen) atoms. The zero-order valence-corrected chi connectivity index (χ0v) is 14.9. The minimum Gasteiger partial charge on any atom is -0.497 e. The van der Waals surface area contributed by atoms with Crippen molar-refractivity contribution in [2.24, 2.45) is 0 Å². The van der Waals surface area contributed by atoms with E-state index in [1.807, 2.05) is 12.1 Å². The first-order chi connectivity index (χ1) is 12.0. The Balaban J connectivity index is 1.68. The van der Waals surface area contributed by atoms with Gasteiger partial charge in [-0.2, -0.15) is 0 Å². The Hall–Kier alpha value is -2.24. The van der Waals surface area contributed by atoms with Gasteiger partial charge in [0.1, 0.15) is 17.2 Å². The molecule has 0 saturated carbocycles. The van der Waals surface area contributed by atoms with Crippen molar-refractivity contribution in [3.63, 3.8) is 0 Å². The number of rotatable bonds is 5. The van der Waals surface area contributed by atoms with Gasteiger partial charge in [0.15, 0.2) is 0 Å². The van der Waals surface area contributed by atoms with E-state index in [1.165, 1.54) is 5.01 Å². The summed E-state index contributed by atoms with van der Waals surface area (Å²) in [6.07, 6.45) is 0.142. The molecule has 1 N–H and O–H groups in total. The third kappa shape index (κ3) is 3.72. The Morgan fingerprint density at radius 2 is 1.80 bits per heavy atom. The smallest absolute Gasteiger partial charge is 0.262 e. The Morgan fingerprint density at radius 1 is 1.16 bits per heavy atom. The van der Waals surface area contributed by atoms with E-state index in [0.29, 0.717) is 10.8 Å². The van der Waals surface area contributed by atoms with E-state index in [1.54, 1.807) is 43.5 Å². The second kappa shape index (κ2) is 7.33. The number of hydrazine groups is 1.